The minimum Gasteiger partial charge on any atom is -0.497 e. The Hall–Kier alpha value is -2.47. The van der Waals surface area contributed by atoms with Gasteiger partial charge < -0.3 is 10.1 Å². The number of benzene rings is 1. The molecule has 2 aromatic rings. The summed E-state index contributed by atoms with van der Waals surface area (Å²) in [5.74, 6) is 0.791. The van der Waals surface area contributed by atoms with Crippen molar-refractivity contribution in [3.8, 4) is 5.75 Å². The first-order valence-corrected chi connectivity index (χ1v) is 7.18. The van der Waals surface area contributed by atoms with Gasteiger partial charge in [0.05, 0.1) is 12.8 Å². The smallest absolute Gasteiger partial charge is 0.186 e. The Balaban J connectivity index is 2.42. The van der Waals surface area contributed by atoms with Crippen LogP contribution in [-0.2, 0) is 0 Å². The second kappa shape index (κ2) is 7.51. The normalized spacial score (nSPS) is 11.0. The van der Waals surface area contributed by atoms with Crippen LogP contribution < -0.4 is 15.5 Å². The van der Waals surface area contributed by atoms with Gasteiger partial charge in [-0.2, -0.15) is 5.10 Å². The number of thiocarbonyl (C=S) groups is 1. The lowest BCUT2D eigenvalue weighted by molar-refractivity contribution is 0.415. The highest BCUT2D eigenvalue weighted by Crippen LogP contribution is 2.15. The molecule has 0 aliphatic rings. The lowest BCUT2D eigenvalue weighted by Gasteiger charge is -2.09. The molecule has 0 amide bonds. The van der Waals surface area contributed by atoms with Crippen molar-refractivity contribution in [2.45, 2.75) is 6.92 Å². The van der Waals surface area contributed by atoms with Crippen LogP contribution in [0.4, 0.5) is 0 Å². The van der Waals surface area contributed by atoms with Crippen molar-refractivity contribution in [1.82, 2.24) is 15.7 Å². The number of aromatic nitrogens is 1. The zero-order valence-electron chi connectivity index (χ0n) is 12.8. The SMILES string of the molecule is CNC(=S)N/N=C(/c1ccc(OC)cc1)c1cccc(C)n1. The standard InChI is InChI=1S/C16H18N4OS/c1-11-5-4-6-14(18-11)15(19-20-16(22)17-2)12-7-9-13(21-3)10-8-12/h4-10H,1-3H3,(H2,17,20,22)/b19-15-. The summed E-state index contributed by atoms with van der Waals surface area (Å²) >= 11 is 5.07. The predicted molar refractivity (Wildman–Crippen MR) is 92.4 cm³/mol. The van der Waals surface area contributed by atoms with E-state index in [1.54, 1.807) is 14.2 Å². The van der Waals surface area contributed by atoms with Gasteiger partial charge in [-0.3, -0.25) is 10.4 Å². The monoisotopic (exact) mass is 314 g/mol. The number of nitrogens with zero attached hydrogens (tertiary/aromatic N) is 2. The highest BCUT2D eigenvalue weighted by molar-refractivity contribution is 7.80. The molecule has 0 saturated carbocycles. The molecule has 0 fully saturated rings. The number of ether oxygens (including phenoxy) is 1. The lowest BCUT2D eigenvalue weighted by Crippen LogP contribution is -2.29. The van der Waals surface area contributed by atoms with E-state index in [-0.39, 0.29) is 0 Å². The number of pyridine rings is 1. The molecule has 1 aromatic heterocycles. The van der Waals surface area contributed by atoms with Gasteiger partial charge >= 0.3 is 0 Å². The minimum atomic E-state index is 0.443. The molecule has 6 heteroatoms. The van der Waals surface area contributed by atoms with E-state index in [1.165, 1.54) is 0 Å². The molecule has 1 heterocycles. The molecule has 0 bridgehead atoms. The molecule has 2 rings (SSSR count). The van der Waals surface area contributed by atoms with Crippen LogP contribution in [-0.4, -0.2) is 30.0 Å². The number of hydrogen-bond acceptors (Lipinski definition) is 4. The Morgan fingerprint density at radius 2 is 1.91 bits per heavy atom. The van der Waals surface area contributed by atoms with Gasteiger partial charge in [0, 0.05) is 18.3 Å². The van der Waals surface area contributed by atoms with Gasteiger partial charge in [-0.1, -0.05) is 6.07 Å². The maximum absolute atomic E-state index is 5.19. The van der Waals surface area contributed by atoms with Crippen LogP contribution in [0.2, 0.25) is 0 Å². The number of rotatable bonds is 4. The molecule has 0 saturated heterocycles. The van der Waals surface area contributed by atoms with E-state index in [4.69, 9.17) is 17.0 Å². The summed E-state index contributed by atoms with van der Waals surface area (Å²) in [6.07, 6.45) is 0. The van der Waals surface area contributed by atoms with E-state index in [0.717, 1.165) is 22.7 Å². The van der Waals surface area contributed by atoms with E-state index in [1.807, 2.05) is 49.4 Å². The van der Waals surface area contributed by atoms with Crippen molar-refractivity contribution in [1.29, 1.82) is 0 Å². The van der Waals surface area contributed by atoms with E-state index >= 15 is 0 Å². The molecule has 0 atom stereocenters. The molecule has 0 aliphatic carbocycles. The lowest BCUT2D eigenvalue weighted by atomic mass is 10.1. The van der Waals surface area contributed by atoms with Gasteiger partial charge in [0.2, 0.25) is 0 Å². The number of hydrazone groups is 1. The molecule has 0 aliphatic heterocycles. The number of hydrogen-bond donors (Lipinski definition) is 2. The van der Waals surface area contributed by atoms with Crippen LogP contribution in [0.15, 0.2) is 47.6 Å². The first kappa shape index (κ1) is 15.9. The molecule has 0 radical (unpaired) electrons. The zero-order chi connectivity index (χ0) is 15.9. The van der Waals surface area contributed by atoms with Gasteiger partial charge in [0.25, 0.3) is 0 Å². The fourth-order valence-electron chi connectivity index (χ4n) is 1.86. The molecular formula is C16H18N4OS. The van der Waals surface area contributed by atoms with E-state index in [9.17, 15) is 0 Å². The molecule has 22 heavy (non-hydrogen) atoms. The highest BCUT2D eigenvalue weighted by Gasteiger charge is 2.10. The summed E-state index contributed by atoms with van der Waals surface area (Å²) in [6.45, 7) is 1.95. The molecule has 5 nitrogen and oxygen atoms in total. The van der Waals surface area contributed by atoms with Crippen LogP contribution in [0.5, 0.6) is 5.75 Å². The highest BCUT2D eigenvalue weighted by atomic mass is 32.1. The largest absolute Gasteiger partial charge is 0.497 e. The quantitative estimate of drug-likeness (QED) is 0.515. The first-order valence-electron chi connectivity index (χ1n) is 6.78. The maximum Gasteiger partial charge on any atom is 0.186 e. The third-order valence-electron chi connectivity index (χ3n) is 2.99. The fourth-order valence-corrected chi connectivity index (χ4v) is 1.90. The Bertz CT molecular complexity index is 683. The van der Waals surface area contributed by atoms with E-state index in [0.29, 0.717) is 10.8 Å². The van der Waals surface area contributed by atoms with Crippen molar-refractivity contribution in [2.75, 3.05) is 14.2 Å². The molecule has 1 aromatic carbocycles. The minimum absolute atomic E-state index is 0.443. The molecular weight excluding hydrogens is 296 g/mol. The second-order valence-electron chi connectivity index (χ2n) is 4.54. The van der Waals surface area contributed by atoms with E-state index in [2.05, 4.69) is 20.8 Å². The topological polar surface area (TPSA) is 58.5 Å². The molecule has 0 unspecified atom stereocenters. The maximum atomic E-state index is 5.19. The van der Waals surface area contributed by atoms with Gasteiger partial charge in [0.1, 0.15) is 11.5 Å². The fraction of sp³-hybridized carbons (Fsp3) is 0.188. The van der Waals surface area contributed by atoms with Crippen LogP contribution in [0.25, 0.3) is 0 Å². The Labute approximate surface area is 135 Å². The summed E-state index contributed by atoms with van der Waals surface area (Å²) < 4.78 is 5.19. The van der Waals surface area contributed by atoms with E-state index < -0.39 is 0 Å². The average molecular weight is 314 g/mol. The summed E-state index contributed by atoms with van der Waals surface area (Å²) in [7, 11) is 3.38. The van der Waals surface area contributed by atoms with Gasteiger partial charge in [0.15, 0.2) is 5.11 Å². The van der Waals surface area contributed by atoms with Crippen molar-refractivity contribution in [3.05, 3.63) is 59.4 Å². The van der Waals surface area contributed by atoms with Crippen molar-refractivity contribution < 1.29 is 4.74 Å². The van der Waals surface area contributed by atoms with Crippen LogP contribution in [0.3, 0.4) is 0 Å². The van der Waals surface area contributed by atoms with Crippen molar-refractivity contribution in [2.24, 2.45) is 5.10 Å². The van der Waals surface area contributed by atoms with Crippen LogP contribution >= 0.6 is 12.2 Å². The van der Waals surface area contributed by atoms with Crippen LogP contribution in [0, 0.1) is 6.92 Å². The Morgan fingerprint density at radius 3 is 2.50 bits per heavy atom. The predicted octanol–water partition coefficient (Wildman–Crippen LogP) is 2.24. The number of methoxy groups -OCH3 is 1. The van der Waals surface area contributed by atoms with Gasteiger partial charge in [-0.05, 0) is 55.5 Å². The molecule has 114 valence electrons. The van der Waals surface area contributed by atoms with Gasteiger partial charge in [-0.15, -0.1) is 0 Å². The summed E-state index contributed by atoms with van der Waals surface area (Å²) in [5, 5.41) is 7.66. The number of nitrogens with one attached hydrogen (secondary N) is 2. The molecule has 0 spiro atoms. The Morgan fingerprint density at radius 1 is 1.18 bits per heavy atom. The first-order chi connectivity index (χ1) is 10.6. The third kappa shape index (κ3) is 4.02. The average Bonchev–Trinajstić information content (AvgIpc) is 2.55. The summed E-state index contributed by atoms with van der Waals surface area (Å²) in [5.41, 5.74) is 6.15. The van der Waals surface area contributed by atoms with Crippen molar-refractivity contribution >= 4 is 23.0 Å². The summed E-state index contributed by atoms with van der Waals surface area (Å²) in [4.78, 5) is 4.53. The zero-order valence-corrected chi connectivity index (χ0v) is 13.6. The van der Waals surface area contributed by atoms with Crippen LogP contribution in [0.1, 0.15) is 17.0 Å². The Kier molecular flexibility index (Phi) is 5.43. The number of aryl methyl sites for hydroxylation is 1. The summed E-state index contributed by atoms with van der Waals surface area (Å²) in [6, 6.07) is 13.5. The third-order valence-corrected chi connectivity index (χ3v) is 3.29. The second-order valence-corrected chi connectivity index (χ2v) is 4.95. The van der Waals surface area contributed by atoms with Crippen molar-refractivity contribution in [3.63, 3.8) is 0 Å². The molecule has 2 N–H and O–H groups in total. The van der Waals surface area contributed by atoms with Gasteiger partial charge in [-0.25, -0.2) is 0 Å².